The van der Waals surface area contributed by atoms with Crippen LogP contribution < -0.4 is 4.90 Å². The van der Waals surface area contributed by atoms with Crippen molar-refractivity contribution in [3.8, 4) is 0 Å². The number of halogens is 1. The number of fused-ring (bicyclic) bond motifs is 1. The summed E-state index contributed by atoms with van der Waals surface area (Å²) < 4.78 is 15.6. The fourth-order valence-corrected chi connectivity index (χ4v) is 4.01. The average molecular weight is 492 g/mol. The zero-order valence-corrected chi connectivity index (χ0v) is 18.6. The van der Waals surface area contributed by atoms with Crippen LogP contribution in [-0.2, 0) is 30.4 Å². The minimum absolute atomic E-state index is 0.0304. The molecule has 0 spiro atoms. The topological polar surface area (TPSA) is 102 Å². The molecule has 3 rings (SSSR count). The summed E-state index contributed by atoms with van der Waals surface area (Å²) in [5.41, 5.74) is 1.64. The van der Waals surface area contributed by atoms with Crippen LogP contribution in [0.25, 0.3) is 0 Å². The van der Waals surface area contributed by atoms with Gasteiger partial charge < -0.3 is 19.3 Å². The highest BCUT2D eigenvalue weighted by atomic mass is 79.9. The van der Waals surface area contributed by atoms with Gasteiger partial charge in [0.1, 0.15) is 12.8 Å². The molecule has 1 aliphatic heterocycles. The maximum absolute atomic E-state index is 12.9. The number of esters is 2. The zero-order valence-electron chi connectivity index (χ0n) is 17.0. The largest absolute Gasteiger partial charge is 0.468 e. The van der Waals surface area contributed by atoms with Gasteiger partial charge in [-0.2, -0.15) is 0 Å². The van der Waals surface area contributed by atoms with Gasteiger partial charge in [0.05, 0.1) is 19.9 Å². The number of ether oxygens (including phenoxy) is 3. The molecule has 1 unspecified atom stereocenters. The second-order valence-corrected chi connectivity index (χ2v) is 7.88. The maximum Gasteiger partial charge on any atom is 0.416 e. The van der Waals surface area contributed by atoms with Crippen LogP contribution in [0.5, 0.6) is 0 Å². The van der Waals surface area contributed by atoms with E-state index in [4.69, 9.17) is 14.2 Å². The molecule has 9 heteroatoms. The Kier molecular flexibility index (Phi) is 7.29. The smallest absolute Gasteiger partial charge is 0.416 e. The van der Waals surface area contributed by atoms with Crippen molar-refractivity contribution >= 4 is 39.6 Å². The van der Waals surface area contributed by atoms with Crippen molar-refractivity contribution in [1.29, 1.82) is 0 Å². The summed E-state index contributed by atoms with van der Waals surface area (Å²) in [6.07, 6.45) is -2.15. The van der Waals surface area contributed by atoms with Crippen LogP contribution in [0.3, 0.4) is 0 Å². The molecular weight excluding hydrogens is 470 g/mol. The highest BCUT2D eigenvalue weighted by molar-refractivity contribution is 9.10. The van der Waals surface area contributed by atoms with E-state index < -0.39 is 36.1 Å². The first-order valence-corrected chi connectivity index (χ1v) is 10.3. The third kappa shape index (κ3) is 4.88. The number of carbonyl (C=O) groups excluding carboxylic acids is 3. The van der Waals surface area contributed by atoms with Gasteiger partial charge in [-0.1, -0.05) is 52.3 Å². The van der Waals surface area contributed by atoms with Gasteiger partial charge in [-0.05, 0) is 23.3 Å². The Balaban J connectivity index is 1.95. The lowest BCUT2D eigenvalue weighted by Gasteiger charge is -2.39. The summed E-state index contributed by atoms with van der Waals surface area (Å²) in [6.45, 7) is 0.0304. The van der Waals surface area contributed by atoms with E-state index in [0.717, 1.165) is 10.5 Å². The molecule has 2 atom stereocenters. The number of hydrogen-bond donors (Lipinski definition) is 1. The molecule has 1 amide bonds. The molecule has 8 nitrogen and oxygen atoms in total. The van der Waals surface area contributed by atoms with E-state index in [1.54, 1.807) is 18.2 Å². The quantitative estimate of drug-likeness (QED) is 0.388. The molecule has 0 saturated carbocycles. The van der Waals surface area contributed by atoms with Crippen LogP contribution in [0.4, 0.5) is 10.5 Å². The van der Waals surface area contributed by atoms with Crippen LogP contribution in [-0.4, -0.2) is 43.6 Å². The van der Waals surface area contributed by atoms with Gasteiger partial charge in [-0.3, -0.25) is 14.5 Å². The van der Waals surface area contributed by atoms with Crippen molar-refractivity contribution in [3.05, 3.63) is 64.1 Å². The van der Waals surface area contributed by atoms with Crippen LogP contribution in [0.2, 0.25) is 0 Å². The van der Waals surface area contributed by atoms with Crippen molar-refractivity contribution in [2.75, 3.05) is 19.1 Å². The number of anilines is 1. The van der Waals surface area contributed by atoms with Gasteiger partial charge in [0.2, 0.25) is 0 Å². The summed E-state index contributed by atoms with van der Waals surface area (Å²) in [4.78, 5) is 38.7. The SMILES string of the molecule is COC(=O)C(C(=O)OC)[C@H]1CC(O)N(C(=O)OCc2ccccc2)c2cc(Br)ccc21. The van der Waals surface area contributed by atoms with E-state index in [-0.39, 0.29) is 13.0 Å². The lowest BCUT2D eigenvalue weighted by atomic mass is 9.79. The predicted octanol–water partition coefficient (Wildman–Crippen LogP) is 3.36. The van der Waals surface area contributed by atoms with E-state index in [9.17, 15) is 19.5 Å². The monoisotopic (exact) mass is 491 g/mol. The lowest BCUT2D eigenvalue weighted by molar-refractivity contribution is -0.160. The Morgan fingerprint density at radius 2 is 1.74 bits per heavy atom. The summed E-state index contributed by atoms with van der Waals surface area (Å²) in [5.74, 6) is -3.60. The molecule has 2 aromatic rings. The van der Waals surface area contributed by atoms with E-state index in [1.165, 1.54) is 14.2 Å². The number of methoxy groups -OCH3 is 2. The number of rotatable bonds is 5. The van der Waals surface area contributed by atoms with Crippen molar-refractivity contribution in [1.82, 2.24) is 0 Å². The molecule has 0 aromatic heterocycles. The van der Waals surface area contributed by atoms with Crippen molar-refractivity contribution in [2.24, 2.45) is 5.92 Å². The fraction of sp³-hybridized carbons (Fsp3) is 0.318. The van der Waals surface area contributed by atoms with Crippen LogP contribution in [0, 0.1) is 5.92 Å². The first kappa shape index (κ1) is 22.8. The van der Waals surface area contributed by atoms with Gasteiger partial charge >= 0.3 is 18.0 Å². The van der Waals surface area contributed by atoms with Crippen molar-refractivity contribution in [2.45, 2.75) is 25.2 Å². The summed E-state index contributed by atoms with van der Waals surface area (Å²) in [5, 5.41) is 10.8. The molecule has 0 saturated heterocycles. The minimum atomic E-state index is -1.33. The second kappa shape index (κ2) is 9.93. The molecule has 0 bridgehead atoms. The van der Waals surface area contributed by atoms with Crippen LogP contribution in [0.15, 0.2) is 53.0 Å². The first-order valence-electron chi connectivity index (χ1n) is 9.50. The van der Waals surface area contributed by atoms with Gasteiger partial charge in [-0.15, -0.1) is 0 Å². The first-order chi connectivity index (χ1) is 14.9. The number of aliphatic hydroxyl groups excluding tert-OH is 1. The Labute approximate surface area is 187 Å². The number of aliphatic hydroxyl groups is 1. The Hall–Kier alpha value is -2.91. The number of benzene rings is 2. The summed E-state index contributed by atoms with van der Waals surface area (Å²) in [7, 11) is 2.35. The minimum Gasteiger partial charge on any atom is -0.468 e. The van der Waals surface area contributed by atoms with Crippen LogP contribution >= 0.6 is 15.9 Å². The van der Waals surface area contributed by atoms with Gasteiger partial charge in [0.25, 0.3) is 0 Å². The summed E-state index contributed by atoms with van der Waals surface area (Å²) in [6, 6.07) is 14.2. The van der Waals surface area contributed by atoms with E-state index in [0.29, 0.717) is 15.7 Å². The highest BCUT2D eigenvalue weighted by Gasteiger charge is 2.45. The molecule has 1 aliphatic rings. The van der Waals surface area contributed by atoms with E-state index >= 15 is 0 Å². The Bertz CT molecular complexity index is 950. The molecular formula is C22H22BrNO7. The number of nitrogens with zero attached hydrogens (tertiary/aromatic N) is 1. The Morgan fingerprint density at radius 1 is 1.10 bits per heavy atom. The van der Waals surface area contributed by atoms with Gasteiger partial charge in [0.15, 0.2) is 5.92 Å². The average Bonchev–Trinajstić information content (AvgIpc) is 2.77. The molecule has 1 heterocycles. The number of carbonyl (C=O) groups is 3. The lowest BCUT2D eigenvalue weighted by Crippen LogP contribution is -2.47. The maximum atomic E-state index is 12.9. The molecule has 1 N–H and O–H groups in total. The third-order valence-corrected chi connectivity index (χ3v) is 5.62. The van der Waals surface area contributed by atoms with Gasteiger partial charge in [-0.25, -0.2) is 4.79 Å². The van der Waals surface area contributed by atoms with Crippen molar-refractivity contribution < 1.29 is 33.7 Å². The Morgan fingerprint density at radius 3 is 2.35 bits per heavy atom. The standard InChI is InChI=1S/C22H22BrNO7/c1-29-20(26)19(21(27)30-2)16-11-18(25)24(17-10-14(23)8-9-15(16)17)22(28)31-12-13-6-4-3-5-7-13/h3-10,16,18-19,25H,11-12H2,1-2H3/t16-,18?/m0/s1. The molecule has 0 fully saturated rings. The highest BCUT2D eigenvalue weighted by Crippen LogP contribution is 2.44. The molecule has 31 heavy (non-hydrogen) atoms. The fourth-order valence-electron chi connectivity index (χ4n) is 3.66. The normalized spacial score (nSPS) is 17.6. The van der Waals surface area contributed by atoms with E-state index in [2.05, 4.69) is 15.9 Å². The predicted molar refractivity (Wildman–Crippen MR) is 114 cm³/mol. The van der Waals surface area contributed by atoms with Crippen molar-refractivity contribution in [3.63, 3.8) is 0 Å². The number of hydrogen-bond acceptors (Lipinski definition) is 7. The molecule has 164 valence electrons. The van der Waals surface area contributed by atoms with Crippen LogP contribution in [0.1, 0.15) is 23.5 Å². The summed E-state index contributed by atoms with van der Waals surface area (Å²) >= 11 is 3.36. The van der Waals surface area contributed by atoms with Gasteiger partial charge in [0, 0.05) is 16.8 Å². The van der Waals surface area contributed by atoms with E-state index in [1.807, 2.05) is 30.3 Å². The zero-order chi connectivity index (χ0) is 22.5. The third-order valence-electron chi connectivity index (χ3n) is 5.13. The molecule has 0 radical (unpaired) electrons. The molecule has 2 aromatic carbocycles. The second-order valence-electron chi connectivity index (χ2n) is 6.96. The number of amides is 1. The molecule has 0 aliphatic carbocycles.